The number of aryl methyl sites for hydroxylation is 1. The molecule has 0 bridgehead atoms. The van der Waals surface area contributed by atoms with Gasteiger partial charge in [0.1, 0.15) is 17.3 Å². The topological polar surface area (TPSA) is 110 Å². The number of fused-ring (bicyclic) bond motifs is 1. The van der Waals surface area contributed by atoms with Gasteiger partial charge in [-0.25, -0.2) is 8.42 Å². The summed E-state index contributed by atoms with van der Waals surface area (Å²) in [6, 6.07) is 11.3. The van der Waals surface area contributed by atoms with Crippen LogP contribution in [0, 0.1) is 6.92 Å². The summed E-state index contributed by atoms with van der Waals surface area (Å²) in [5.74, 6) is -2.78. The zero-order valence-corrected chi connectivity index (χ0v) is 17.5. The molecule has 0 radical (unpaired) electrons. The smallest absolute Gasteiger partial charge is 0.265 e. The summed E-state index contributed by atoms with van der Waals surface area (Å²) in [7, 11) is -3.98. The molecule has 0 saturated heterocycles. The lowest BCUT2D eigenvalue weighted by atomic mass is 10.1. The summed E-state index contributed by atoms with van der Waals surface area (Å²) in [6.07, 6.45) is 0. The van der Waals surface area contributed by atoms with Crippen molar-refractivity contribution in [1.82, 2.24) is 0 Å². The number of carbonyl (C=O) groups is 3. The standard InChI is InChI=1S/C21H22N2O6S/c1-3-23-17-10-15(6-9-19(17)29-11-21(23)26)18(24)12-30(27,28)13-20(25)22-16-7-4-14(2)5-8-16/h4-10H,3,11-13H2,1-2H3,(H,22,25). The van der Waals surface area contributed by atoms with Crippen LogP contribution in [0.5, 0.6) is 5.75 Å². The molecule has 1 aliphatic heterocycles. The van der Waals surface area contributed by atoms with E-state index >= 15 is 0 Å². The maximum absolute atomic E-state index is 12.5. The van der Waals surface area contributed by atoms with Gasteiger partial charge < -0.3 is 15.0 Å². The first-order valence-corrected chi connectivity index (χ1v) is 11.2. The van der Waals surface area contributed by atoms with Gasteiger partial charge >= 0.3 is 0 Å². The first-order valence-electron chi connectivity index (χ1n) is 9.36. The predicted octanol–water partition coefficient (Wildman–Crippen LogP) is 1.98. The van der Waals surface area contributed by atoms with Gasteiger partial charge in [0.15, 0.2) is 22.2 Å². The van der Waals surface area contributed by atoms with Crippen molar-refractivity contribution in [2.24, 2.45) is 0 Å². The number of likely N-dealkylation sites (N-methyl/N-ethyl adjacent to an activating group) is 1. The number of nitrogens with zero attached hydrogens (tertiary/aromatic N) is 1. The highest BCUT2D eigenvalue weighted by Gasteiger charge is 2.27. The van der Waals surface area contributed by atoms with Gasteiger partial charge in [0.2, 0.25) is 5.91 Å². The highest BCUT2D eigenvalue weighted by atomic mass is 32.2. The second kappa shape index (κ2) is 8.66. The average molecular weight is 430 g/mol. The van der Waals surface area contributed by atoms with Gasteiger partial charge in [0.05, 0.1) is 5.69 Å². The van der Waals surface area contributed by atoms with Gasteiger partial charge in [-0.15, -0.1) is 0 Å². The number of hydrogen-bond acceptors (Lipinski definition) is 6. The third kappa shape index (κ3) is 5.04. The van der Waals surface area contributed by atoms with Gasteiger partial charge in [-0.1, -0.05) is 17.7 Å². The number of carbonyl (C=O) groups excluding carboxylic acids is 3. The van der Waals surface area contributed by atoms with Crippen molar-refractivity contribution in [2.75, 3.05) is 34.9 Å². The Bertz CT molecular complexity index is 1090. The molecule has 0 saturated carbocycles. The van der Waals surface area contributed by atoms with Crippen LogP contribution in [0.1, 0.15) is 22.8 Å². The Morgan fingerprint density at radius 3 is 2.47 bits per heavy atom. The molecule has 2 aromatic rings. The molecule has 2 aromatic carbocycles. The molecule has 3 rings (SSSR count). The molecular formula is C21H22N2O6S. The van der Waals surface area contributed by atoms with E-state index in [4.69, 9.17) is 4.74 Å². The third-order valence-corrected chi connectivity index (χ3v) is 5.98. The molecular weight excluding hydrogens is 408 g/mol. The number of hydrogen-bond donors (Lipinski definition) is 1. The number of anilines is 2. The van der Waals surface area contributed by atoms with Gasteiger partial charge in [-0.2, -0.15) is 0 Å². The number of Topliss-reactive ketones (excluding diaryl/α,β-unsaturated/α-hetero) is 1. The minimum absolute atomic E-state index is 0.0847. The largest absolute Gasteiger partial charge is 0.482 e. The fourth-order valence-electron chi connectivity index (χ4n) is 3.09. The summed E-state index contributed by atoms with van der Waals surface area (Å²) in [5, 5.41) is 2.51. The molecule has 2 amide bonds. The van der Waals surface area contributed by atoms with Crippen molar-refractivity contribution >= 4 is 38.8 Å². The van der Waals surface area contributed by atoms with Crippen LogP contribution in [0.3, 0.4) is 0 Å². The van der Waals surface area contributed by atoms with E-state index < -0.39 is 33.0 Å². The summed E-state index contributed by atoms with van der Waals surface area (Å²) >= 11 is 0. The lowest BCUT2D eigenvalue weighted by molar-refractivity contribution is -0.121. The van der Waals surface area contributed by atoms with Crippen LogP contribution < -0.4 is 15.0 Å². The molecule has 0 fully saturated rings. The van der Waals surface area contributed by atoms with Crippen LogP contribution in [-0.2, 0) is 19.4 Å². The van der Waals surface area contributed by atoms with E-state index in [1.165, 1.54) is 23.1 Å². The molecule has 158 valence electrons. The van der Waals surface area contributed by atoms with Gasteiger partial charge in [0.25, 0.3) is 5.91 Å². The minimum Gasteiger partial charge on any atom is -0.482 e. The highest BCUT2D eigenvalue weighted by molar-refractivity contribution is 7.92. The fourth-order valence-corrected chi connectivity index (χ4v) is 4.23. The van der Waals surface area contributed by atoms with Gasteiger partial charge in [0, 0.05) is 17.8 Å². The second-order valence-corrected chi connectivity index (χ2v) is 9.04. The van der Waals surface area contributed by atoms with E-state index in [-0.39, 0.29) is 18.1 Å². The van der Waals surface area contributed by atoms with Crippen molar-refractivity contribution in [3.05, 3.63) is 53.6 Å². The van der Waals surface area contributed by atoms with Gasteiger partial charge in [-0.05, 0) is 44.2 Å². The van der Waals surface area contributed by atoms with E-state index in [1.807, 2.05) is 6.92 Å². The zero-order chi connectivity index (χ0) is 21.9. The molecule has 8 nitrogen and oxygen atoms in total. The van der Waals surface area contributed by atoms with E-state index in [1.54, 1.807) is 31.2 Å². The number of nitrogens with one attached hydrogen (secondary N) is 1. The normalized spacial score (nSPS) is 13.4. The van der Waals surface area contributed by atoms with E-state index in [2.05, 4.69) is 5.32 Å². The van der Waals surface area contributed by atoms with E-state index in [0.717, 1.165) is 5.56 Å². The molecule has 1 N–H and O–H groups in total. The number of ketones is 1. The molecule has 0 unspecified atom stereocenters. The third-order valence-electron chi connectivity index (χ3n) is 4.58. The van der Waals surface area contributed by atoms with Crippen molar-refractivity contribution < 1.29 is 27.5 Å². The highest BCUT2D eigenvalue weighted by Crippen LogP contribution is 2.33. The Morgan fingerprint density at radius 1 is 1.10 bits per heavy atom. The lowest BCUT2D eigenvalue weighted by Gasteiger charge is -2.28. The minimum atomic E-state index is -3.98. The molecule has 0 spiro atoms. The predicted molar refractivity (Wildman–Crippen MR) is 113 cm³/mol. The SMILES string of the molecule is CCN1C(=O)COc2ccc(C(=O)CS(=O)(=O)CC(=O)Nc3ccc(C)cc3)cc21. The maximum atomic E-state index is 12.5. The van der Waals surface area contributed by atoms with Crippen molar-refractivity contribution in [3.63, 3.8) is 0 Å². The Labute approximate surface area is 174 Å². The van der Waals surface area contributed by atoms with Crippen LogP contribution in [-0.4, -0.2) is 50.7 Å². The van der Waals surface area contributed by atoms with Crippen LogP contribution in [0.4, 0.5) is 11.4 Å². The van der Waals surface area contributed by atoms with Gasteiger partial charge in [-0.3, -0.25) is 14.4 Å². The van der Waals surface area contributed by atoms with E-state index in [0.29, 0.717) is 23.7 Å². The van der Waals surface area contributed by atoms with Crippen LogP contribution in [0.2, 0.25) is 0 Å². The van der Waals surface area contributed by atoms with Crippen LogP contribution in [0.15, 0.2) is 42.5 Å². The molecule has 1 heterocycles. The molecule has 0 aliphatic carbocycles. The zero-order valence-electron chi connectivity index (χ0n) is 16.7. The quantitative estimate of drug-likeness (QED) is 0.673. The van der Waals surface area contributed by atoms with E-state index in [9.17, 15) is 22.8 Å². The Kier molecular flexibility index (Phi) is 6.21. The number of ether oxygens (including phenoxy) is 1. The average Bonchev–Trinajstić information content (AvgIpc) is 2.68. The molecule has 30 heavy (non-hydrogen) atoms. The number of sulfone groups is 1. The van der Waals surface area contributed by atoms with Crippen molar-refractivity contribution in [1.29, 1.82) is 0 Å². The molecule has 0 atom stereocenters. The number of amides is 2. The second-order valence-electron chi connectivity index (χ2n) is 6.98. The Balaban J connectivity index is 1.68. The van der Waals surface area contributed by atoms with Crippen LogP contribution in [0.25, 0.3) is 0 Å². The Hall–Kier alpha value is -3.20. The lowest BCUT2D eigenvalue weighted by Crippen LogP contribution is -2.38. The van der Waals surface area contributed by atoms with Crippen LogP contribution >= 0.6 is 0 Å². The first kappa shape index (κ1) is 21.5. The summed E-state index contributed by atoms with van der Waals surface area (Å²) in [6.45, 7) is 3.99. The summed E-state index contributed by atoms with van der Waals surface area (Å²) in [4.78, 5) is 38.1. The molecule has 1 aliphatic rings. The first-order chi connectivity index (χ1) is 14.2. The maximum Gasteiger partial charge on any atom is 0.265 e. The summed E-state index contributed by atoms with van der Waals surface area (Å²) < 4.78 is 30.1. The summed E-state index contributed by atoms with van der Waals surface area (Å²) in [5.41, 5.74) is 2.04. The molecule has 9 heteroatoms. The number of rotatable bonds is 7. The number of benzene rings is 2. The fraction of sp³-hybridized carbons (Fsp3) is 0.286. The van der Waals surface area contributed by atoms with Crippen molar-refractivity contribution in [2.45, 2.75) is 13.8 Å². The Morgan fingerprint density at radius 2 is 1.80 bits per heavy atom. The monoisotopic (exact) mass is 430 g/mol. The molecule has 0 aromatic heterocycles. The van der Waals surface area contributed by atoms with Crippen molar-refractivity contribution in [3.8, 4) is 5.75 Å².